The Bertz CT molecular complexity index is 1230. The molecule has 3 rings (SSSR count). The van der Waals surface area contributed by atoms with Gasteiger partial charge in [-0.15, -0.1) is 0 Å². The first-order valence-electron chi connectivity index (χ1n) is 10.1. The van der Waals surface area contributed by atoms with Gasteiger partial charge in [0.05, 0.1) is 24.8 Å². The lowest BCUT2D eigenvalue weighted by Crippen LogP contribution is -2.30. The van der Waals surface area contributed by atoms with Crippen LogP contribution in [0.1, 0.15) is 12.5 Å². The van der Waals surface area contributed by atoms with Crippen LogP contribution in [0.15, 0.2) is 71.6 Å². The van der Waals surface area contributed by atoms with E-state index in [2.05, 4.69) is 10.0 Å². The molecule has 0 radical (unpaired) electrons. The number of amides is 1. The van der Waals surface area contributed by atoms with Gasteiger partial charge in [0.15, 0.2) is 6.10 Å². The minimum absolute atomic E-state index is 0.0300. The van der Waals surface area contributed by atoms with Crippen LogP contribution < -0.4 is 24.2 Å². The molecule has 0 aromatic heterocycles. The standard InChI is InChI=1S/C24H26N2O6S/c1-16-6-5-7-20(14-16)32-17(2)24(27)25-18-8-11-21(12-9-18)33(28,29)26-22-13-10-19(30-3)15-23(22)31-4/h5-15,17,26H,1-4H3,(H,25,27)/t17-/m0/s1. The van der Waals surface area contributed by atoms with Crippen molar-refractivity contribution in [3.8, 4) is 17.2 Å². The highest BCUT2D eigenvalue weighted by Crippen LogP contribution is 2.31. The highest BCUT2D eigenvalue weighted by Gasteiger charge is 2.19. The van der Waals surface area contributed by atoms with Crippen LogP contribution in [0.3, 0.4) is 0 Å². The molecule has 0 saturated carbocycles. The molecular weight excluding hydrogens is 444 g/mol. The first kappa shape index (κ1) is 23.9. The third-order valence-electron chi connectivity index (χ3n) is 4.76. The maximum Gasteiger partial charge on any atom is 0.265 e. The number of methoxy groups -OCH3 is 2. The van der Waals surface area contributed by atoms with E-state index < -0.39 is 16.1 Å². The second kappa shape index (κ2) is 10.3. The molecule has 33 heavy (non-hydrogen) atoms. The van der Waals surface area contributed by atoms with Gasteiger partial charge in [-0.1, -0.05) is 12.1 Å². The summed E-state index contributed by atoms with van der Waals surface area (Å²) in [4.78, 5) is 12.5. The second-order valence-electron chi connectivity index (χ2n) is 7.26. The van der Waals surface area contributed by atoms with Gasteiger partial charge in [0.25, 0.3) is 15.9 Å². The van der Waals surface area contributed by atoms with E-state index in [-0.39, 0.29) is 16.5 Å². The number of hydrogen-bond donors (Lipinski definition) is 2. The fraction of sp³-hybridized carbons (Fsp3) is 0.208. The summed E-state index contributed by atoms with van der Waals surface area (Å²) in [6.45, 7) is 3.58. The fourth-order valence-corrected chi connectivity index (χ4v) is 4.06. The van der Waals surface area contributed by atoms with Crippen molar-refractivity contribution in [1.29, 1.82) is 0 Å². The Balaban J connectivity index is 1.67. The lowest BCUT2D eigenvalue weighted by Gasteiger charge is -2.16. The van der Waals surface area contributed by atoms with Crippen molar-refractivity contribution in [2.75, 3.05) is 24.3 Å². The molecule has 174 valence electrons. The summed E-state index contributed by atoms with van der Waals surface area (Å²) >= 11 is 0. The van der Waals surface area contributed by atoms with Crippen LogP contribution in [-0.4, -0.2) is 34.6 Å². The molecule has 0 bridgehead atoms. The Kier molecular flexibility index (Phi) is 7.44. The fourth-order valence-electron chi connectivity index (χ4n) is 2.99. The molecule has 0 unspecified atom stereocenters. The minimum Gasteiger partial charge on any atom is -0.497 e. The molecule has 9 heteroatoms. The zero-order chi connectivity index (χ0) is 24.0. The normalized spacial score (nSPS) is 11.9. The average Bonchev–Trinajstić information content (AvgIpc) is 2.79. The van der Waals surface area contributed by atoms with Crippen LogP contribution in [-0.2, 0) is 14.8 Å². The lowest BCUT2D eigenvalue weighted by atomic mass is 10.2. The summed E-state index contributed by atoms with van der Waals surface area (Å²) in [7, 11) is -0.933. The van der Waals surface area contributed by atoms with Crippen LogP contribution in [0.5, 0.6) is 17.2 Å². The Morgan fingerprint density at radius 1 is 0.909 bits per heavy atom. The van der Waals surface area contributed by atoms with Gasteiger partial charge in [-0.3, -0.25) is 9.52 Å². The first-order valence-corrected chi connectivity index (χ1v) is 11.6. The molecule has 3 aromatic rings. The van der Waals surface area contributed by atoms with Gasteiger partial charge in [0.2, 0.25) is 0 Å². The predicted octanol–water partition coefficient (Wildman–Crippen LogP) is 4.22. The van der Waals surface area contributed by atoms with Gasteiger partial charge >= 0.3 is 0 Å². The third-order valence-corrected chi connectivity index (χ3v) is 6.14. The number of aryl methyl sites for hydroxylation is 1. The van der Waals surface area contributed by atoms with E-state index in [4.69, 9.17) is 14.2 Å². The summed E-state index contributed by atoms with van der Waals surface area (Å²) in [5.74, 6) is 1.10. The zero-order valence-corrected chi connectivity index (χ0v) is 19.6. The van der Waals surface area contributed by atoms with Crippen molar-refractivity contribution in [1.82, 2.24) is 0 Å². The van der Waals surface area contributed by atoms with Gasteiger partial charge in [0.1, 0.15) is 17.2 Å². The summed E-state index contributed by atoms with van der Waals surface area (Å²) in [6.07, 6.45) is -0.737. The van der Waals surface area contributed by atoms with Gasteiger partial charge in [-0.2, -0.15) is 0 Å². The smallest absolute Gasteiger partial charge is 0.265 e. The molecule has 0 aliphatic carbocycles. The van der Waals surface area contributed by atoms with Crippen molar-refractivity contribution in [2.24, 2.45) is 0 Å². The van der Waals surface area contributed by atoms with E-state index in [1.807, 2.05) is 25.1 Å². The third kappa shape index (κ3) is 6.17. The van der Waals surface area contributed by atoms with E-state index in [9.17, 15) is 13.2 Å². The maximum atomic E-state index is 12.8. The van der Waals surface area contributed by atoms with Crippen molar-refractivity contribution in [3.63, 3.8) is 0 Å². The summed E-state index contributed by atoms with van der Waals surface area (Å²) in [5.41, 5.74) is 1.75. The monoisotopic (exact) mass is 470 g/mol. The highest BCUT2D eigenvalue weighted by molar-refractivity contribution is 7.92. The number of carbonyl (C=O) groups is 1. The van der Waals surface area contributed by atoms with Gasteiger partial charge < -0.3 is 19.5 Å². The van der Waals surface area contributed by atoms with E-state index in [0.717, 1.165) is 5.56 Å². The molecule has 2 N–H and O–H groups in total. The molecule has 1 atom stereocenters. The molecule has 3 aromatic carbocycles. The summed E-state index contributed by atoms with van der Waals surface area (Å²) < 4.78 is 44.1. The van der Waals surface area contributed by atoms with E-state index in [0.29, 0.717) is 22.9 Å². The van der Waals surface area contributed by atoms with Crippen LogP contribution >= 0.6 is 0 Å². The number of benzene rings is 3. The van der Waals surface area contributed by atoms with E-state index in [1.165, 1.54) is 38.5 Å². The van der Waals surface area contributed by atoms with Crippen LogP contribution in [0.25, 0.3) is 0 Å². The van der Waals surface area contributed by atoms with Crippen molar-refractivity contribution in [3.05, 3.63) is 72.3 Å². The SMILES string of the molecule is COc1ccc(NS(=O)(=O)c2ccc(NC(=O)[C@H](C)Oc3cccc(C)c3)cc2)c(OC)c1. The van der Waals surface area contributed by atoms with Gasteiger partial charge in [0, 0.05) is 11.8 Å². The Morgan fingerprint density at radius 2 is 1.64 bits per heavy atom. The molecular formula is C24H26N2O6S. The Labute approximate surface area is 193 Å². The molecule has 8 nitrogen and oxygen atoms in total. The zero-order valence-electron chi connectivity index (χ0n) is 18.8. The molecule has 0 aliphatic rings. The number of carbonyl (C=O) groups excluding carboxylic acids is 1. The molecule has 0 fully saturated rings. The summed E-state index contributed by atoms with van der Waals surface area (Å²) in [5, 5.41) is 2.72. The Morgan fingerprint density at radius 3 is 2.27 bits per heavy atom. The number of hydrogen-bond acceptors (Lipinski definition) is 6. The number of sulfonamides is 1. The van der Waals surface area contributed by atoms with Crippen molar-refractivity contribution < 1.29 is 27.4 Å². The highest BCUT2D eigenvalue weighted by atomic mass is 32.2. The van der Waals surface area contributed by atoms with E-state index in [1.54, 1.807) is 31.2 Å². The maximum absolute atomic E-state index is 12.8. The van der Waals surface area contributed by atoms with Crippen molar-refractivity contribution >= 4 is 27.3 Å². The second-order valence-corrected chi connectivity index (χ2v) is 8.94. The van der Waals surface area contributed by atoms with Gasteiger partial charge in [-0.05, 0) is 67.9 Å². The molecule has 0 saturated heterocycles. The van der Waals surface area contributed by atoms with E-state index >= 15 is 0 Å². The Hall–Kier alpha value is -3.72. The number of nitrogens with one attached hydrogen (secondary N) is 2. The predicted molar refractivity (Wildman–Crippen MR) is 127 cm³/mol. The number of anilines is 2. The molecule has 0 spiro atoms. The average molecular weight is 471 g/mol. The van der Waals surface area contributed by atoms with Crippen LogP contribution in [0, 0.1) is 6.92 Å². The molecule has 0 heterocycles. The first-order chi connectivity index (χ1) is 15.7. The topological polar surface area (TPSA) is 103 Å². The number of rotatable bonds is 9. The quantitative estimate of drug-likeness (QED) is 0.485. The summed E-state index contributed by atoms with van der Waals surface area (Å²) in [6, 6.07) is 18.0. The molecule has 0 aliphatic heterocycles. The lowest BCUT2D eigenvalue weighted by molar-refractivity contribution is -0.122. The molecule has 1 amide bonds. The van der Waals surface area contributed by atoms with Gasteiger partial charge in [-0.25, -0.2) is 8.42 Å². The minimum atomic E-state index is -3.88. The van der Waals surface area contributed by atoms with Crippen molar-refractivity contribution in [2.45, 2.75) is 24.8 Å². The van der Waals surface area contributed by atoms with Crippen LogP contribution in [0.4, 0.5) is 11.4 Å². The largest absolute Gasteiger partial charge is 0.497 e. The number of ether oxygens (including phenoxy) is 3. The van der Waals surface area contributed by atoms with Crippen LogP contribution in [0.2, 0.25) is 0 Å².